The van der Waals surface area contributed by atoms with Gasteiger partial charge in [-0.3, -0.25) is 0 Å². The molecule has 0 aromatic heterocycles. The highest BCUT2D eigenvalue weighted by molar-refractivity contribution is 6.69. The molecule has 2 rings (SSSR count). The van der Waals surface area contributed by atoms with E-state index >= 15 is 0 Å². The van der Waals surface area contributed by atoms with Crippen LogP contribution in [0.2, 0.25) is 0 Å². The monoisotopic (exact) mass is 270 g/mol. The zero-order chi connectivity index (χ0) is 14.1. The molecule has 0 N–H and O–H groups in total. The molecule has 0 fully saturated rings. The van der Waals surface area contributed by atoms with Crippen molar-refractivity contribution >= 4 is 22.5 Å². The minimum absolute atomic E-state index is 0.383. The van der Waals surface area contributed by atoms with Crippen LogP contribution in [0.15, 0.2) is 59.6 Å². The number of hydrogen-bond acceptors (Lipinski definition) is 2. The van der Waals surface area contributed by atoms with Gasteiger partial charge in [0, 0.05) is 5.56 Å². The first-order valence-corrected chi connectivity index (χ1v) is 6.48. The Kier molecular flexibility index (Phi) is 6.35. The van der Waals surface area contributed by atoms with Crippen LogP contribution in [0, 0.1) is 11.3 Å². The SMILES string of the molecule is CC.N#Cc1ccccc1N=C(Cl)c1ccccc1. The molecule has 96 valence electrons. The van der Waals surface area contributed by atoms with Crippen LogP contribution in [0.3, 0.4) is 0 Å². The molecule has 0 saturated carbocycles. The van der Waals surface area contributed by atoms with E-state index in [1.54, 1.807) is 18.2 Å². The largest absolute Gasteiger partial charge is 0.235 e. The lowest BCUT2D eigenvalue weighted by Gasteiger charge is -2.00. The van der Waals surface area contributed by atoms with E-state index < -0.39 is 0 Å². The van der Waals surface area contributed by atoms with Crippen molar-refractivity contribution in [1.82, 2.24) is 0 Å². The second kappa shape index (κ2) is 8.07. The van der Waals surface area contributed by atoms with Crippen molar-refractivity contribution < 1.29 is 0 Å². The molecule has 0 unspecified atom stereocenters. The molecule has 0 heterocycles. The van der Waals surface area contributed by atoms with Crippen molar-refractivity contribution in [3.63, 3.8) is 0 Å². The summed E-state index contributed by atoms with van der Waals surface area (Å²) in [6.45, 7) is 4.00. The van der Waals surface area contributed by atoms with E-state index in [9.17, 15) is 0 Å². The van der Waals surface area contributed by atoms with Crippen LogP contribution < -0.4 is 0 Å². The van der Waals surface area contributed by atoms with Gasteiger partial charge in [0.2, 0.25) is 0 Å². The van der Waals surface area contributed by atoms with Crippen molar-refractivity contribution in [1.29, 1.82) is 5.26 Å². The van der Waals surface area contributed by atoms with Crippen molar-refractivity contribution in [3.8, 4) is 6.07 Å². The first-order valence-electron chi connectivity index (χ1n) is 6.10. The van der Waals surface area contributed by atoms with Gasteiger partial charge in [0.15, 0.2) is 0 Å². The summed E-state index contributed by atoms with van der Waals surface area (Å²) in [5.74, 6) is 0. The maximum atomic E-state index is 8.94. The Balaban J connectivity index is 0.000000861. The summed E-state index contributed by atoms with van der Waals surface area (Å²) in [5, 5.41) is 9.32. The van der Waals surface area contributed by atoms with Gasteiger partial charge in [-0.25, -0.2) is 4.99 Å². The van der Waals surface area contributed by atoms with Gasteiger partial charge in [-0.1, -0.05) is 67.9 Å². The van der Waals surface area contributed by atoms with Crippen molar-refractivity contribution in [2.24, 2.45) is 4.99 Å². The lowest BCUT2D eigenvalue weighted by Crippen LogP contribution is -1.89. The molecule has 0 aliphatic rings. The van der Waals surface area contributed by atoms with Crippen LogP contribution in [-0.4, -0.2) is 5.17 Å². The molecule has 0 atom stereocenters. The summed E-state index contributed by atoms with van der Waals surface area (Å²) in [7, 11) is 0. The van der Waals surface area contributed by atoms with Gasteiger partial charge in [-0.05, 0) is 12.1 Å². The maximum absolute atomic E-state index is 8.94. The highest BCUT2D eigenvalue weighted by Crippen LogP contribution is 2.20. The molecule has 2 aromatic carbocycles. The minimum atomic E-state index is 0.383. The van der Waals surface area contributed by atoms with Gasteiger partial charge in [0.05, 0.1) is 11.3 Å². The van der Waals surface area contributed by atoms with E-state index in [0.29, 0.717) is 16.4 Å². The van der Waals surface area contributed by atoms with E-state index in [1.165, 1.54) is 0 Å². The normalized spacial score (nSPS) is 10.1. The summed E-state index contributed by atoms with van der Waals surface area (Å²) in [4.78, 5) is 4.26. The number of halogens is 1. The van der Waals surface area contributed by atoms with E-state index in [-0.39, 0.29) is 0 Å². The number of benzene rings is 2. The van der Waals surface area contributed by atoms with Crippen molar-refractivity contribution in [3.05, 3.63) is 65.7 Å². The molecule has 2 aromatic rings. The van der Waals surface area contributed by atoms with Crippen LogP contribution in [-0.2, 0) is 0 Å². The van der Waals surface area contributed by atoms with Gasteiger partial charge in [-0.15, -0.1) is 0 Å². The third-order valence-corrected chi connectivity index (χ3v) is 2.56. The highest BCUT2D eigenvalue weighted by atomic mass is 35.5. The van der Waals surface area contributed by atoms with Crippen molar-refractivity contribution in [2.75, 3.05) is 0 Å². The Morgan fingerprint density at radius 2 is 1.58 bits per heavy atom. The second-order valence-electron chi connectivity index (χ2n) is 3.40. The topological polar surface area (TPSA) is 36.1 Å². The lowest BCUT2D eigenvalue weighted by atomic mass is 10.2. The fraction of sp³-hybridized carbons (Fsp3) is 0.125. The summed E-state index contributed by atoms with van der Waals surface area (Å²) in [6.07, 6.45) is 0. The molecule has 0 amide bonds. The zero-order valence-corrected chi connectivity index (χ0v) is 11.7. The molecule has 2 nitrogen and oxygen atoms in total. The summed E-state index contributed by atoms with van der Waals surface area (Å²) in [5.41, 5.74) is 1.94. The summed E-state index contributed by atoms with van der Waals surface area (Å²) in [6, 6.07) is 18.6. The van der Waals surface area contributed by atoms with Gasteiger partial charge in [-0.2, -0.15) is 5.26 Å². The Bertz CT molecular complexity index is 583. The van der Waals surface area contributed by atoms with E-state index in [0.717, 1.165) is 5.56 Å². The van der Waals surface area contributed by atoms with Crippen LogP contribution in [0.4, 0.5) is 5.69 Å². The molecular weight excluding hydrogens is 256 g/mol. The molecule has 0 spiro atoms. The number of rotatable bonds is 2. The maximum Gasteiger partial charge on any atom is 0.136 e. The molecule has 0 aliphatic carbocycles. The Hall–Kier alpha value is -2.11. The van der Waals surface area contributed by atoms with Crippen LogP contribution in [0.5, 0.6) is 0 Å². The molecule has 0 saturated heterocycles. The molecular formula is C16H15ClN2. The van der Waals surface area contributed by atoms with E-state index in [4.69, 9.17) is 16.9 Å². The first kappa shape index (κ1) is 14.9. The average Bonchev–Trinajstić information content (AvgIpc) is 2.50. The van der Waals surface area contributed by atoms with Crippen LogP contribution in [0.1, 0.15) is 25.0 Å². The number of para-hydroxylation sites is 1. The number of nitrogens with zero attached hydrogens (tertiary/aromatic N) is 2. The predicted octanol–water partition coefficient (Wildman–Crippen LogP) is 4.90. The van der Waals surface area contributed by atoms with Crippen LogP contribution in [0.25, 0.3) is 0 Å². The number of aliphatic imine (C=N–C) groups is 1. The second-order valence-corrected chi connectivity index (χ2v) is 3.76. The fourth-order valence-electron chi connectivity index (χ4n) is 1.41. The van der Waals surface area contributed by atoms with Gasteiger partial charge >= 0.3 is 0 Å². The highest BCUT2D eigenvalue weighted by Gasteiger charge is 2.02. The van der Waals surface area contributed by atoms with Gasteiger partial charge in [0.25, 0.3) is 0 Å². The number of hydrogen-bond donors (Lipinski definition) is 0. The lowest BCUT2D eigenvalue weighted by molar-refractivity contribution is 1.44. The zero-order valence-electron chi connectivity index (χ0n) is 11.0. The Morgan fingerprint density at radius 3 is 2.21 bits per heavy atom. The fourth-order valence-corrected chi connectivity index (χ4v) is 1.63. The molecule has 0 bridgehead atoms. The summed E-state index contributed by atoms with van der Waals surface area (Å²) >= 11 is 6.11. The number of nitriles is 1. The van der Waals surface area contributed by atoms with Crippen LogP contribution >= 0.6 is 11.6 Å². The Labute approximate surface area is 119 Å². The third kappa shape index (κ3) is 4.24. The smallest absolute Gasteiger partial charge is 0.136 e. The molecule has 19 heavy (non-hydrogen) atoms. The molecule has 0 radical (unpaired) electrons. The average molecular weight is 271 g/mol. The standard InChI is InChI=1S/C14H9ClN2.C2H6/c15-14(11-6-2-1-3-7-11)17-13-9-5-4-8-12(13)10-16;1-2/h1-9H;1-2H3. The van der Waals surface area contributed by atoms with Gasteiger partial charge < -0.3 is 0 Å². The predicted molar refractivity (Wildman–Crippen MR) is 81.0 cm³/mol. The van der Waals surface area contributed by atoms with E-state index in [2.05, 4.69) is 11.1 Å². The minimum Gasteiger partial charge on any atom is -0.235 e. The molecule has 3 heteroatoms. The first-order chi connectivity index (χ1) is 9.31. The molecule has 0 aliphatic heterocycles. The van der Waals surface area contributed by atoms with E-state index in [1.807, 2.05) is 50.2 Å². The third-order valence-electron chi connectivity index (χ3n) is 2.26. The summed E-state index contributed by atoms with van der Waals surface area (Å²) < 4.78 is 0. The quantitative estimate of drug-likeness (QED) is 0.715. The van der Waals surface area contributed by atoms with Gasteiger partial charge in [0.1, 0.15) is 11.2 Å². The van der Waals surface area contributed by atoms with Crippen molar-refractivity contribution in [2.45, 2.75) is 13.8 Å². The Morgan fingerprint density at radius 1 is 1.00 bits per heavy atom.